The summed E-state index contributed by atoms with van der Waals surface area (Å²) in [7, 11) is 0. The predicted octanol–water partition coefficient (Wildman–Crippen LogP) is 3.81. The maximum Gasteiger partial charge on any atom is 0.225 e. The normalized spacial score (nSPS) is 17.0. The molecular weight excluding hydrogens is 486 g/mol. The molecule has 0 bridgehead atoms. The summed E-state index contributed by atoms with van der Waals surface area (Å²) in [6.07, 6.45) is 0.895. The summed E-state index contributed by atoms with van der Waals surface area (Å²) in [6, 6.07) is 4.71. The molecule has 1 aliphatic rings. The largest absolute Gasteiger partial charge is 0.459 e. The molecule has 1 aliphatic heterocycles. The number of fused-ring (bicyclic) bond motifs is 1. The summed E-state index contributed by atoms with van der Waals surface area (Å²) >= 11 is 0. The van der Waals surface area contributed by atoms with E-state index in [0.717, 1.165) is 36.2 Å². The molecule has 0 aliphatic carbocycles. The number of aliphatic imine (C=N–C) groups is 1. The molecule has 3 rings (SSSR count). The Labute approximate surface area is 188 Å². The number of carbonyl (C=O) groups is 1. The highest BCUT2D eigenvalue weighted by Gasteiger charge is 2.28. The maximum atomic E-state index is 13.5. The van der Waals surface area contributed by atoms with Crippen LogP contribution in [0.4, 0.5) is 4.39 Å². The maximum absolute atomic E-state index is 13.5. The van der Waals surface area contributed by atoms with Crippen molar-refractivity contribution >= 4 is 46.8 Å². The lowest BCUT2D eigenvalue weighted by Gasteiger charge is -2.20. The van der Waals surface area contributed by atoms with Gasteiger partial charge in [0.15, 0.2) is 5.96 Å². The summed E-state index contributed by atoms with van der Waals surface area (Å²) in [5, 5.41) is 7.44. The fraction of sp³-hybridized carbons (Fsp3) is 0.524. The fourth-order valence-electron chi connectivity index (χ4n) is 3.50. The lowest BCUT2D eigenvalue weighted by molar-refractivity contribution is -0.133. The van der Waals surface area contributed by atoms with Gasteiger partial charge in [-0.05, 0) is 38.5 Å². The standard InChI is InChI=1S/C21H29FN4O2.HI/c1-5-23-21(25-16-8-9-26(12-16)20(27)13(2)3)24-11-19-14(4)17-10-15(22)6-7-18(17)28-19;/h6-7,10,13,16H,5,8-9,11-12H2,1-4H3,(H2,23,24,25);1H. The molecule has 6 nitrogen and oxygen atoms in total. The molecule has 1 aromatic carbocycles. The Morgan fingerprint density at radius 2 is 2.17 bits per heavy atom. The molecule has 1 atom stereocenters. The van der Waals surface area contributed by atoms with Gasteiger partial charge in [-0.25, -0.2) is 9.38 Å². The summed E-state index contributed by atoms with van der Waals surface area (Å²) in [5.74, 6) is 1.35. The molecule has 160 valence electrons. The second-order valence-electron chi connectivity index (χ2n) is 7.55. The van der Waals surface area contributed by atoms with E-state index in [0.29, 0.717) is 24.6 Å². The monoisotopic (exact) mass is 516 g/mol. The van der Waals surface area contributed by atoms with Crippen molar-refractivity contribution in [2.24, 2.45) is 10.9 Å². The first kappa shape index (κ1) is 23.4. The van der Waals surface area contributed by atoms with Gasteiger partial charge in [-0.3, -0.25) is 4.79 Å². The average molecular weight is 516 g/mol. The number of amides is 1. The van der Waals surface area contributed by atoms with Gasteiger partial charge >= 0.3 is 0 Å². The van der Waals surface area contributed by atoms with Crippen LogP contribution in [-0.4, -0.2) is 42.4 Å². The van der Waals surface area contributed by atoms with E-state index in [-0.39, 0.29) is 47.7 Å². The number of nitrogens with one attached hydrogen (secondary N) is 2. The Hall–Kier alpha value is -1.84. The number of aryl methyl sites for hydroxylation is 1. The highest BCUT2D eigenvalue weighted by atomic mass is 127. The van der Waals surface area contributed by atoms with Crippen molar-refractivity contribution in [3.8, 4) is 0 Å². The van der Waals surface area contributed by atoms with Crippen LogP contribution in [0.3, 0.4) is 0 Å². The van der Waals surface area contributed by atoms with E-state index >= 15 is 0 Å². The number of carbonyl (C=O) groups excluding carboxylic acids is 1. The number of hydrogen-bond donors (Lipinski definition) is 2. The van der Waals surface area contributed by atoms with Crippen LogP contribution in [-0.2, 0) is 11.3 Å². The van der Waals surface area contributed by atoms with Crippen molar-refractivity contribution in [2.75, 3.05) is 19.6 Å². The van der Waals surface area contributed by atoms with E-state index in [1.807, 2.05) is 32.6 Å². The van der Waals surface area contributed by atoms with Crippen molar-refractivity contribution in [2.45, 2.75) is 46.7 Å². The Morgan fingerprint density at radius 3 is 2.86 bits per heavy atom. The lowest BCUT2D eigenvalue weighted by Crippen LogP contribution is -2.45. The first-order chi connectivity index (χ1) is 13.4. The van der Waals surface area contributed by atoms with Gasteiger partial charge in [0, 0.05) is 42.5 Å². The van der Waals surface area contributed by atoms with E-state index < -0.39 is 0 Å². The third-order valence-corrected chi connectivity index (χ3v) is 5.06. The Balaban J connectivity index is 0.00000300. The van der Waals surface area contributed by atoms with Crippen molar-refractivity contribution in [1.82, 2.24) is 15.5 Å². The van der Waals surface area contributed by atoms with Gasteiger partial charge in [-0.2, -0.15) is 0 Å². The molecule has 1 amide bonds. The zero-order valence-electron chi connectivity index (χ0n) is 17.4. The molecule has 1 unspecified atom stereocenters. The number of hydrogen-bond acceptors (Lipinski definition) is 3. The van der Waals surface area contributed by atoms with Crippen molar-refractivity contribution < 1.29 is 13.6 Å². The van der Waals surface area contributed by atoms with E-state index in [2.05, 4.69) is 15.6 Å². The average Bonchev–Trinajstić information content (AvgIpc) is 3.24. The molecule has 1 aromatic heterocycles. The van der Waals surface area contributed by atoms with Gasteiger partial charge in [-0.1, -0.05) is 13.8 Å². The van der Waals surface area contributed by atoms with Crippen LogP contribution in [0.5, 0.6) is 0 Å². The van der Waals surface area contributed by atoms with Gasteiger partial charge in [0.1, 0.15) is 23.7 Å². The molecule has 0 spiro atoms. The highest BCUT2D eigenvalue weighted by molar-refractivity contribution is 14.0. The van der Waals surface area contributed by atoms with Crippen LogP contribution < -0.4 is 10.6 Å². The van der Waals surface area contributed by atoms with Crippen molar-refractivity contribution in [1.29, 1.82) is 0 Å². The Kier molecular flexibility index (Phi) is 8.30. The number of nitrogens with zero attached hydrogens (tertiary/aromatic N) is 2. The van der Waals surface area contributed by atoms with Crippen molar-refractivity contribution in [3.05, 3.63) is 35.3 Å². The minimum absolute atomic E-state index is 0. The minimum atomic E-state index is -0.275. The third-order valence-electron chi connectivity index (χ3n) is 5.06. The predicted molar refractivity (Wildman–Crippen MR) is 124 cm³/mol. The second kappa shape index (κ2) is 10.3. The molecule has 2 aromatic rings. The lowest BCUT2D eigenvalue weighted by atomic mass is 10.1. The summed E-state index contributed by atoms with van der Waals surface area (Å²) < 4.78 is 19.3. The zero-order chi connectivity index (χ0) is 20.3. The van der Waals surface area contributed by atoms with E-state index in [4.69, 9.17) is 4.42 Å². The molecular formula is C21H30FIN4O2. The van der Waals surface area contributed by atoms with Gasteiger partial charge in [-0.15, -0.1) is 24.0 Å². The van der Waals surface area contributed by atoms with Crippen LogP contribution in [0, 0.1) is 18.7 Å². The van der Waals surface area contributed by atoms with Crippen LogP contribution >= 0.6 is 24.0 Å². The molecule has 2 heterocycles. The Morgan fingerprint density at radius 1 is 1.41 bits per heavy atom. The number of benzene rings is 1. The summed E-state index contributed by atoms with van der Waals surface area (Å²) in [6.45, 7) is 10.3. The molecule has 29 heavy (non-hydrogen) atoms. The number of likely N-dealkylation sites (tertiary alicyclic amines) is 1. The van der Waals surface area contributed by atoms with Crippen LogP contribution in [0.2, 0.25) is 0 Å². The summed E-state index contributed by atoms with van der Waals surface area (Å²) in [5.41, 5.74) is 1.57. The number of rotatable bonds is 5. The smallest absolute Gasteiger partial charge is 0.225 e. The number of guanidine groups is 1. The van der Waals surface area contributed by atoms with Gasteiger partial charge in [0.25, 0.3) is 0 Å². The van der Waals surface area contributed by atoms with Gasteiger partial charge in [0.2, 0.25) is 5.91 Å². The Bertz CT molecular complexity index is 881. The quantitative estimate of drug-likeness (QED) is 0.361. The minimum Gasteiger partial charge on any atom is -0.459 e. The SMILES string of the molecule is CCNC(=NCc1oc2ccc(F)cc2c1C)NC1CCN(C(=O)C(C)C)C1.I. The third kappa shape index (κ3) is 5.61. The van der Waals surface area contributed by atoms with Gasteiger partial charge < -0.3 is 20.0 Å². The molecule has 8 heteroatoms. The first-order valence-electron chi connectivity index (χ1n) is 9.90. The summed E-state index contributed by atoms with van der Waals surface area (Å²) in [4.78, 5) is 18.7. The molecule has 0 saturated carbocycles. The zero-order valence-corrected chi connectivity index (χ0v) is 19.7. The van der Waals surface area contributed by atoms with Gasteiger partial charge in [0.05, 0.1) is 0 Å². The first-order valence-corrected chi connectivity index (χ1v) is 9.90. The number of halogens is 2. The van der Waals surface area contributed by atoms with Crippen LogP contribution in [0.15, 0.2) is 27.6 Å². The second-order valence-corrected chi connectivity index (χ2v) is 7.55. The van der Waals surface area contributed by atoms with E-state index in [1.54, 1.807) is 6.07 Å². The van der Waals surface area contributed by atoms with Crippen LogP contribution in [0.1, 0.15) is 38.5 Å². The molecule has 1 saturated heterocycles. The van der Waals surface area contributed by atoms with E-state index in [1.165, 1.54) is 12.1 Å². The van der Waals surface area contributed by atoms with Crippen LogP contribution in [0.25, 0.3) is 11.0 Å². The molecule has 0 radical (unpaired) electrons. The highest BCUT2D eigenvalue weighted by Crippen LogP contribution is 2.26. The molecule has 2 N–H and O–H groups in total. The topological polar surface area (TPSA) is 69.9 Å². The van der Waals surface area contributed by atoms with Crippen molar-refractivity contribution in [3.63, 3.8) is 0 Å². The van der Waals surface area contributed by atoms with E-state index in [9.17, 15) is 9.18 Å². The molecule has 1 fully saturated rings. The fourth-order valence-corrected chi connectivity index (χ4v) is 3.50. The number of furan rings is 1.